The van der Waals surface area contributed by atoms with E-state index in [0.29, 0.717) is 0 Å². The van der Waals surface area contributed by atoms with E-state index in [2.05, 4.69) is 5.10 Å². The topological polar surface area (TPSA) is 32.7 Å². The van der Waals surface area contributed by atoms with E-state index in [9.17, 15) is 4.79 Å². The minimum absolute atomic E-state index is 0.117. The number of hydrogen-bond acceptors (Lipinski definition) is 2. The van der Waals surface area contributed by atoms with Gasteiger partial charge in [0, 0.05) is 6.92 Å². The van der Waals surface area contributed by atoms with Crippen LogP contribution in [0.4, 0.5) is 0 Å². The highest BCUT2D eigenvalue weighted by Gasteiger charge is 2.19. The van der Waals surface area contributed by atoms with Crippen LogP contribution in [0.3, 0.4) is 0 Å². The number of rotatable bonds is 6. The first-order chi connectivity index (χ1) is 13.2. The molecule has 0 bridgehead atoms. The molecular weight excluding hydrogens is 332 g/mol. The highest BCUT2D eigenvalue weighted by atomic mass is 16.2. The number of carbonyl (C=O) groups excluding carboxylic acids is 1. The number of benzene rings is 3. The van der Waals surface area contributed by atoms with Gasteiger partial charge in [-0.1, -0.05) is 103 Å². The van der Waals surface area contributed by atoms with Crippen LogP contribution in [0.25, 0.3) is 6.08 Å². The number of nitrogens with zero attached hydrogens (tertiary/aromatic N) is 2. The fourth-order valence-electron chi connectivity index (χ4n) is 2.77. The molecule has 0 radical (unpaired) electrons. The Bertz CT molecular complexity index is 903. The monoisotopic (exact) mass is 354 g/mol. The number of amides is 1. The van der Waals surface area contributed by atoms with Gasteiger partial charge in [0.25, 0.3) is 0 Å². The van der Waals surface area contributed by atoms with Crippen molar-refractivity contribution in [3.05, 3.63) is 114 Å². The molecule has 0 saturated carbocycles. The Morgan fingerprint density at radius 3 is 1.89 bits per heavy atom. The average Bonchev–Trinajstić information content (AvgIpc) is 2.72. The molecule has 3 aromatic carbocycles. The van der Waals surface area contributed by atoms with Gasteiger partial charge >= 0.3 is 0 Å². The molecule has 134 valence electrons. The lowest BCUT2D eigenvalue weighted by atomic mass is 10.0. The molecule has 0 aliphatic rings. The Labute approximate surface area is 160 Å². The number of carbonyl (C=O) groups is 1. The van der Waals surface area contributed by atoms with Crippen LogP contribution in [0, 0.1) is 0 Å². The lowest BCUT2D eigenvalue weighted by Gasteiger charge is -2.24. The van der Waals surface area contributed by atoms with E-state index >= 15 is 0 Å². The van der Waals surface area contributed by atoms with Gasteiger partial charge in [-0.25, -0.2) is 5.01 Å². The average molecular weight is 354 g/mol. The molecule has 1 amide bonds. The van der Waals surface area contributed by atoms with Crippen molar-refractivity contribution in [2.75, 3.05) is 0 Å². The molecule has 0 N–H and O–H groups in total. The van der Waals surface area contributed by atoms with Gasteiger partial charge in [0.15, 0.2) is 0 Å². The summed E-state index contributed by atoms with van der Waals surface area (Å²) in [6.45, 7) is 1.54. The standard InChI is InChI=1S/C24H22N2O/c1-20(27)26(25-19-22-13-7-3-8-14-22)24(23-15-9-4-10-16-23)18-17-21-11-5-2-6-12-21/h2-19,24H,1H3/b18-17+,25-19+/t24-/m0/s1. The molecule has 3 aromatic rings. The van der Waals surface area contributed by atoms with Gasteiger partial charge < -0.3 is 0 Å². The van der Waals surface area contributed by atoms with Gasteiger partial charge in [0.1, 0.15) is 0 Å². The molecule has 3 heteroatoms. The maximum Gasteiger partial charge on any atom is 0.240 e. The van der Waals surface area contributed by atoms with Crippen LogP contribution in [0.15, 0.2) is 102 Å². The highest BCUT2D eigenvalue weighted by Crippen LogP contribution is 2.24. The molecule has 3 rings (SSSR count). The lowest BCUT2D eigenvalue weighted by Crippen LogP contribution is -2.27. The van der Waals surface area contributed by atoms with Gasteiger partial charge in [-0.15, -0.1) is 0 Å². The van der Waals surface area contributed by atoms with Crippen LogP contribution >= 0.6 is 0 Å². The minimum atomic E-state index is -0.288. The zero-order valence-electron chi connectivity index (χ0n) is 15.3. The summed E-state index contributed by atoms with van der Waals surface area (Å²) in [5.41, 5.74) is 3.03. The van der Waals surface area contributed by atoms with E-state index in [1.165, 1.54) is 11.9 Å². The fraction of sp³-hybridized carbons (Fsp3) is 0.0833. The molecule has 27 heavy (non-hydrogen) atoms. The zero-order chi connectivity index (χ0) is 18.9. The largest absolute Gasteiger partial charge is 0.273 e. The van der Waals surface area contributed by atoms with Crippen molar-refractivity contribution in [3.8, 4) is 0 Å². The first-order valence-electron chi connectivity index (χ1n) is 8.91. The first-order valence-corrected chi connectivity index (χ1v) is 8.91. The van der Waals surface area contributed by atoms with Crippen molar-refractivity contribution in [1.29, 1.82) is 0 Å². The smallest absolute Gasteiger partial charge is 0.240 e. The highest BCUT2D eigenvalue weighted by molar-refractivity contribution is 5.82. The summed E-state index contributed by atoms with van der Waals surface area (Å²) < 4.78 is 0. The Hall–Kier alpha value is -3.46. The summed E-state index contributed by atoms with van der Waals surface area (Å²) in [4.78, 5) is 12.4. The third kappa shape index (κ3) is 5.25. The second-order valence-corrected chi connectivity index (χ2v) is 6.14. The molecule has 1 atom stereocenters. The van der Waals surface area contributed by atoms with Gasteiger partial charge in [0.2, 0.25) is 5.91 Å². The van der Waals surface area contributed by atoms with E-state index in [1.54, 1.807) is 6.21 Å². The fourth-order valence-corrected chi connectivity index (χ4v) is 2.77. The van der Waals surface area contributed by atoms with E-state index < -0.39 is 0 Å². The van der Waals surface area contributed by atoms with Gasteiger partial charge in [-0.2, -0.15) is 5.10 Å². The van der Waals surface area contributed by atoms with Gasteiger partial charge in [0.05, 0.1) is 12.3 Å². The van der Waals surface area contributed by atoms with Crippen molar-refractivity contribution >= 4 is 18.2 Å². The van der Waals surface area contributed by atoms with Crippen molar-refractivity contribution in [2.45, 2.75) is 13.0 Å². The molecule has 0 heterocycles. The van der Waals surface area contributed by atoms with Crippen LogP contribution in [-0.2, 0) is 4.79 Å². The Morgan fingerprint density at radius 1 is 0.815 bits per heavy atom. The van der Waals surface area contributed by atoms with Crippen molar-refractivity contribution < 1.29 is 4.79 Å². The summed E-state index contributed by atoms with van der Waals surface area (Å²) in [6, 6.07) is 29.4. The Kier molecular flexibility index (Phi) is 6.31. The van der Waals surface area contributed by atoms with Crippen LogP contribution in [0.2, 0.25) is 0 Å². The predicted molar refractivity (Wildman–Crippen MR) is 111 cm³/mol. The number of hydrogen-bond donors (Lipinski definition) is 0. The molecule has 3 nitrogen and oxygen atoms in total. The molecule has 0 unspecified atom stereocenters. The SMILES string of the molecule is CC(=O)N(/N=C/c1ccccc1)[C@@H](/C=C/c1ccccc1)c1ccccc1. The maximum absolute atomic E-state index is 12.4. The second-order valence-electron chi connectivity index (χ2n) is 6.14. The van der Waals surface area contributed by atoms with Crippen LogP contribution in [0.5, 0.6) is 0 Å². The minimum Gasteiger partial charge on any atom is -0.273 e. The van der Waals surface area contributed by atoms with Gasteiger partial charge in [-0.3, -0.25) is 4.79 Å². The van der Waals surface area contributed by atoms with E-state index in [-0.39, 0.29) is 11.9 Å². The third-order valence-corrected chi connectivity index (χ3v) is 4.13. The van der Waals surface area contributed by atoms with Crippen molar-refractivity contribution in [3.63, 3.8) is 0 Å². The first kappa shape index (κ1) is 18.3. The quantitative estimate of drug-likeness (QED) is 0.435. The van der Waals surface area contributed by atoms with Crippen LogP contribution in [0.1, 0.15) is 29.7 Å². The number of hydrazone groups is 1. The summed E-state index contributed by atoms with van der Waals surface area (Å²) in [5.74, 6) is -0.117. The summed E-state index contributed by atoms with van der Waals surface area (Å²) in [7, 11) is 0. The zero-order valence-corrected chi connectivity index (χ0v) is 15.3. The predicted octanol–water partition coefficient (Wildman–Crippen LogP) is 5.32. The van der Waals surface area contributed by atoms with E-state index in [4.69, 9.17) is 0 Å². The molecule has 0 saturated heterocycles. The Morgan fingerprint density at radius 2 is 1.33 bits per heavy atom. The normalized spacial score (nSPS) is 12.3. The molecule has 0 aliphatic carbocycles. The molecule has 0 aliphatic heterocycles. The third-order valence-electron chi connectivity index (χ3n) is 4.13. The van der Waals surface area contributed by atoms with E-state index in [1.807, 2.05) is 103 Å². The van der Waals surface area contributed by atoms with Crippen molar-refractivity contribution in [1.82, 2.24) is 5.01 Å². The van der Waals surface area contributed by atoms with Crippen LogP contribution in [-0.4, -0.2) is 17.1 Å². The van der Waals surface area contributed by atoms with E-state index in [0.717, 1.165) is 16.7 Å². The van der Waals surface area contributed by atoms with Crippen molar-refractivity contribution in [2.24, 2.45) is 5.10 Å². The van der Waals surface area contributed by atoms with Crippen LogP contribution < -0.4 is 0 Å². The molecule has 0 aromatic heterocycles. The molecule has 0 spiro atoms. The summed E-state index contributed by atoms with van der Waals surface area (Å²) in [6.07, 6.45) is 5.74. The lowest BCUT2D eigenvalue weighted by molar-refractivity contribution is -0.130. The summed E-state index contributed by atoms with van der Waals surface area (Å²) >= 11 is 0. The second kappa shape index (κ2) is 9.30. The Balaban J connectivity index is 1.94. The maximum atomic E-state index is 12.4. The summed E-state index contributed by atoms with van der Waals surface area (Å²) in [5, 5.41) is 6.01. The molecular formula is C24H22N2O. The van der Waals surface area contributed by atoms with Gasteiger partial charge in [-0.05, 0) is 16.7 Å². The molecule has 0 fully saturated rings.